The van der Waals surface area contributed by atoms with Crippen molar-refractivity contribution in [1.82, 2.24) is 15.5 Å². The van der Waals surface area contributed by atoms with Gasteiger partial charge in [-0.1, -0.05) is 0 Å². The first kappa shape index (κ1) is 13.8. The molecular formula is C14H27N3O. The molecule has 0 radical (unpaired) electrons. The molecule has 0 aromatic carbocycles. The molecule has 0 aromatic heterocycles. The van der Waals surface area contributed by atoms with Gasteiger partial charge in [-0.3, -0.25) is 4.79 Å². The first-order chi connectivity index (χ1) is 8.74. The van der Waals surface area contributed by atoms with Crippen molar-refractivity contribution in [3.63, 3.8) is 0 Å². The van der Waals surface area contributed by atoms with Gasteiger partial charge in [0.2, 0.25) is 5.91 Å². The second-order valence-corrected chi connectivity index (χ2v) is 5.83. The Hall–Kier alpha value is -0.610. The van der Waals surface area contributed by atoms with E-state index in [1.54, 1.807) is 0 Å². The zero-order valence-electron chi connectivity index (χ0n) is 11.6. The SMILES string of the molecule is CN1CCCC(NCCCC(=O)NC2CC2)CC1. The number of amides is 1. The molecule has 1 amide bonds. The molecule has 1 saturated heterocycles. The van der Waals surface area contributed by atoms with Crippen LogP contribution in [0.4, 0.5) is 0 Å². The quantitative estimate of drug-likeness (QED) is 0.697. The Morgan fingerprint density at radius 2 is 2.00 bits per heavy atom. The van der Waals surface area contributed by atoms with E-state index in [2.05, 4.69) is 22.6 Å². The number of hydrogen-bond acceptors (Lipinski definition) is 3. The smallest absolute Gasteiger partial charge is 0.220 e. The molecule has 1 heterocycles. The zero-order chi connectivity index (χ0) is 12.8. The third-order valence-electron chi connectivity index (χ3n) is 3.91. The number of nitrogens with one attached hydrogen (secondary N) is 2. The van der Waals surface area contributed by atoms with Gasteiger partial charge in [0.05, 0.1) is 0 Å². The summed E-state index contributed by atoms with van der Waals surface area (Å²) in [7, 11) is 2.20. The Balaban J connectivity index is 1.50. The summed E-state index contributed by atoms with van der Waals surface area (Å²) in [6.45, 7) is 3.40. The van der Waals surface area contributed by atoms with Crippen molar-refractivity contribution in [3.8, 4) is 0 Å². The van der Waals surface area contributed by atoms with E-state index in [1.165, 1.54) is 45.2 Å². The lowest BCUT2D eigenvalue weighted by molar-refractivity contribution is -0.121. The maximum Gasteiger partial charge on any atom is 0.220 e. The largest absolute Gasteiger partial charge is 0.353 e. The van der Waals surface area contributed by atoms with Crippen molar-refractivity contribution in [2.24, 2.45) is 0 Å². The Morgan fingerprint density at radius 1 is 1.17 bits per heavy atom. The van der Waals surface area contributed by atoms with Crippen molar-refractivity contribution < 1.29 is 4.79 Å². The number of carbonyl (C=O) groups excluding carboxylic acids is 1. The standard InChI is InChI=1S/C14H27N3O/c1-17-10-3-4-12(8-11-17)15-9-2-5-14(18)16-13-6-7-13/h12-13,15H,2-11H2,1H3,(H,16,18). The monoisotopic (exact) mass is 253 g/mol. The van der Waals surface area contributed by atoms with Crippen LogP contribution in [-0.2, 0) is 4.79 Å². The van der Waals surface area contributed by atoms with E-state index in [0.717, 1.165) is 13.0 Å². The molecule has 2 rings (SSSR count). The molecule has 18 heavy (non-hydrogen) atoms. The van der Waals surface area contributed by atoms with Gasteiger partial charge >= 0.3 is 0 Å². The Labute approximate surface area is 110 Å². The molecule has 0 aromatic rings. The van der Waals surface area contributed by atoms with Crippen molar-refractivity contribution in [2.45, 2.75) is 57.0 Å². The maximum absolute atomic E-state index is 11.5. The summed E-state index contributed by atoms with van der Waals surface area (Å²) in [6.07, 6.45) is 7.81. The Bertz CT molecular complexity index is 266. The van der Waals surface area contributed by atoms with Gasteiger partial charge in [-0.15, -0.1) is 0 Å². The lowest BCUT2D eigenvalue weighted by atomic mass is 10.1. The van der Waals surface area contributed by atoms with E-state index in [9.17, 15) is 4.79 Å². The van der Waals surface area contributed by atoms with E-state index in [1.807, 2.05) is 0 Å². The first-order valence-corrected chi connectivity index (χ1v) is 7.45. The molecule has 1 aliphatic carbocycles. The molecule has 4 heteroatoms. The average Bonchev–Trinajstić information content (AvgIpc) is 3.14. The molecule has 2 aliphatic rings. The van der Waals surface area contributed by atoms with Crippen LogP contribution in [0.5, 0.6) is 0 Å². The summed E-state index contributed by atoms with van der Waals surface area (Å²) < 4.78 is 0. The minimum Gasteiger partial charge on any atom is -0.353 e. The van der Waals surface area contributed by atoms with Crippen molar-refractivity contribution in [1.29, 1.82) is 0 Å². The number of nitrogens with zero attached hydrogens (tertiary/aromatic N) is 1. The molecule has 2 fully saturated rings. The molecule has 1 aliphatic heterocycles. The van der Waals surface area contributed by atoms with E-state index in [4.69, 9.17) is 0 Å². The summed E-state index contributed by atoms with van der Waals surface area (Å²) >= 11 is 0. The fraction of sp³-hybridized carbons (Fsp3) is 0.929. The predicted octanol–water partition coefficient (Wildman–Crippen LogP) is 1.12. The summed E-state index contributed by atoms with van der Waals surface area (Å²) in [5, 5.41) is 6.63. The minimum absolute atomic E-state index is 0.236. The van der Waals surface area contributed by atoms with Crippen LogP contribution in [0.2, 0.25) is 0 Å². The normalized spacial score (nSPS) is 25.7. The van der Waals surface area contributed by atoms with Crippen molar-refractivity contribution >= 4 is 5.91 Å². The topological polar surface area (TPSA) is 44.4 Å². The molecule has 1 saturated carbocycles. The van der Waals surface area contributed by atoms with Crippen LogP contribution < -0.4 is 10.6 Å². The number of hydrogen-bond donors (Lipinski definition) is 2. The molecule has 1 unspecified atom stereocenters. The second-order valence-electron chi connectivity index (χ2n) is 5.83. The van der Waals surface area contributed by atoms with Gasteiger partial charge in [-0.2, -0.15) is 0 Å². The van der Waals surface area contributed by atoms with E-state index >= 15 is 0 Å². The van der Waals surface area contributed by atoms with Crippen LogP contribution >= 0.6 is 0 Å². The van der Waals surface area contributed by atoms with Crippen LogP contribution in [-0.4, -0.2) is 49.6 Å². The third kappa shape index (κ3) is 5.36. The van der Waals surface area contributed by atoms with Gasteiger partial charge in [-0.25, -0.2) is 0 Å². The number of carbonyl (C=O) groups is 1. The Kier molecular flexibility index (Phi) is 5.45. The van der Waals surface area contributed by atoms with Crippen LogP contribution in [0.1, 0.15) is 44.9 Å². The van der Waals surface area contributed by atoms with E-state index in [-0.39, 0.29) is 5.91 Å². The molecular weight excluding hydrogens is 226 g/mol. The highest BCUT2D eigenvalue weighted by Crippen LogP contribution is 2.18. The van der Waals surface area contributed by atoms with Gasteiger partial charge in [0.15, 0.2) is 0 Å². The van der Waals surface area contributed by atoms with Gasteiger partial charge in [0, 0.05) is 18.5 Å². The fourth-order valence-electron chi connectivity index (χ4n) is 2.53. The van der Waals surface area contributed by atoms with Crippen LogP contribution in [0.25, 0.3) is 0 Å². The van der Waals surface area contributed by atoms with Gasteiger partial charge in [-0.05, 0) is 65.2 Å². The highest BCUT2D eigenvalue weighted by molar-refractivity contribution is 5.76. The third-order valence-corrected chi connectivity index (χ3v) is 3.91. The molecule has 0 bridgehead atoms. The zero-order valence-corrected chi connectivity index (χ0v) is 11.6. The molecule has 4 nitrogen and oxygen atoms in total. The summed E-state index contributed by atoms with van der Waals surface area (Å²) in [6, 6.07) is 1.16. The molecule has 1 atom stereocenters. The minimum atomic E-state index is 0.236. The molecule has 0 spiro atoms. The number of rotatable bonds is 6. The van der Waals surface area contributed by atoms with E-state index < -0.39 is 0 Å². The molecule has 104 valence electrons. The predicted molar refractivity (Wildman–Crippen MR) is 73.5 cm³/mol. The van der Waals surface area contributed by atoms with Gasteiger partial charge < -0.3 is 15.5 Å². The van der Waals surface area contributed by atoms with Crippen molar-refractivity contribution in [2.75, 3.05) is 26.7 Å². The molecule has 2 N–H and O–H groups in total. The summed E-state index contributed by atoms with van der Waals surface area (Å²) in [4.78, 5) is 13.9. The van der Waals surface area contributed by atoms with Crippen LogP contribution in [0.15, 0.2) is 0 Å². The number of likely N-dealkylation sites (tertiary alicyclic amines) is 1. The van der Waals surface area contributed by atoms with Crippen LogP contribution in [0, 0.1) is 0 Å². The van der Waals surface area contributed by atoms with Gasteiger partial charge in [0.25, 0.3) is 0 Å². The lowest BCUT2D eigenvalue weighted by Gasteiger charge is -2.16. The summed E-state index contributed by atoms with van der Waals surface area (Å²) in [5.74, 6) is 0.236. The van der Waals surface area contributed by atoms with Crippen LogP contribution in [0.3, 0.4) is 0 Å². The first-order valence-electron chi connectivity index (χ1n) is 7.45. The van der Waals surface area contributed by atoms with Gasteiger partial charge in [0.1, 0.15) is 0 Å². The average molecular weight is 253 g/mol. The summed E-state index contributed by atoms with van der Waals surface area (Å²) in [5.41, 5.74) is 0. The fourth-order valence-corrected chi connectivity index (χ4v) is 2.53. The van der Waals surface area contributed by atoms with E-state index in [0.29, 0.717) is 18.5 Å². The Morgan fingerprint density at radius 3 is 2.78 bits per heavy atom. The maximum atomic E-state index is 11.5. The highest BCUT2D eigenvalue weighted by atomic mass is 16.1. The lowest BCUT2D eigenvalue weighted by Crippen LogP contribution is -2.32. The second kappa shape index (κ2) is 7.10. The van der Waals surface area contributed by atoms with Crippen molar-refractivity contribution in [3.05, 3.63) is 0 Å². The highest BCUT2D eigenvalue weighted by Gasteiger charge is 2.22.